The van der Waals surface area contributed by atoms with Crippen LogP contribution in [0.3, 0.4) is 0 Å². The molecule has 0 aliphatic carbocycles. The number of piperidine rings is 1. The molecule has 2 aromatic heterocycles. The van der Waals surface area contributed by atoms with Crippen molar-refractivity contribution in [2.45, 2.75) is 39.2 Å². The third-order valence-electron chi connectivity index (χ3n) is 5.50. The Bertz CT molecular complexity index is 1010. The first-order valence-electron chi connectivity index (χ1n) is 10.2. The van der Waals surface area contributed by atoms with Crippen LogP contribution >= 0.6 is 0 Å². The minimum absolute atomic E-state index is 0.0858. The van der Waals surface area contributed by atoms with E-state index < -0.39 is 0 Å². The molecule has 1 aliphatic rings. The van der Waals surface area contributed by atoms with Crippen molar-refractivity contribution < 1.29 is 9.53 Å². The van der Waals surface area contributed by atoms with E-state index in [2.05, 4.69) is 9.97 Å². The largest absolute Gasteiger partial charge is 0.377 e. The van der Waals surface area contributed by atoms with E-state index in [0.29, 0.717) is 19.1 Å². The van der Waals surface area contributed by atoms with Crippen LogP contribution in [0, 0.1) is 6.92 Å². The van der Waals surface area contributed by atoms with E-state index in [1.54, 1.807) is 6.20 Å². The number of fused-ring (bicyclic) bond motifs is 1. The van der Waals surface area contributed by atoms with Crippen LogP contribution < -0.4 is 0 Å². The molecule has 150 valence electrons. The summed E-state index contributed by atoms with van der Waals surface area (Å²) in [6.07, 6.45) is 5.45. The average molecular weight is 390 g/mol. The Morgan fingerprint density at radius 1 is 1.21 bits per heavy atom. The minimum atomic E-state index is 0.0858. The fourth-order valence-electron chi connectivity index (χ4n) is 3.94. The average Bonchev–Trinajstić information content (AvgIpc) is 2.77. The van der Waals surface area contributed by atoms with Crippen molar-refractivity contribution in [3.05, 3.63) is 65.4 Å². The molecule has 1 aliphatic heterocycles. The summed E-state index contributed by atoms with van der Waals surface area (Å²) in [6.45, 7) is 6.57. The topological polar surface area (TPSA) is 68.2 Å². The lowest BCUT2D eigenvalue weighted by atomic mass is 9.90. The molecule has 4 rings (SSSR count). The van der Waals surface area contributed by atoms with Gasteiger partial charge < -0.3 is 9.64 Å². The monoisotopic (exact) mass is 390 g/mol. The second-order valence-corrected chi connectivity index (χ2v) is 7.44. The van der Waals surface area contributed by atoms with Crippen LogP contribution in [0.15, 0.2) is 42.7 Å². The van der Waals surface area contributed by atoms with Gasteiger partial charge in [0.1, 0.15) is 5.82 Å². The molecule has 6 heteroatoms. The minimum Gasteiger partial charge on any atom is -0.377 e. The lowest BCUT2D eigenvalue weighted by Gasteiger charge is -2.32. The van der Waals surface area contributed by atoms with Gasteiger partial charge in [-0.2, -0.15) is 0 Å². The lowest BCUT2D eigenvalue weighted by Crippen LogP contribution is -2.38. The molecule has 1 fully saturated rings. The van der Waals surface area contributed by atoms with Crippen molar-refractivity contribution >= 4 is 16.8 Å². The quantitative estimate of drug-likeness (QED) is 0.661. The summed E-state index contributed by atoms with van der Waals surface area (Å²) < 4.78 is 5.59. The fraction of sp³-hybridized carbons (Fsp3) is 0.391. The maximum atomic E-state index is 13.0. The highest BCUT2D eigenvalue weighted by molar-refractivity contribution is 5.98. The Labute approximate surface area is 171 Å². The van der Waals surface area contributed by atoms with Gasteiger partial charge >= 0.3 is 0 Å². The van der Waals surface area contributed by atoms with E-state index in [9.17, 15) is 4.79 Å². The SMILES string of the molecule is CCOCc1cnc(C)nc1C1CCN(C(=O)c2ccc3ncccc3c2)CC1. The number of rotatable bonds is 5. The zero-order valence-electron chi connectivity index (χ0n) is 17.0. The number of nitrogens with zero attached hydrogens (tertiary/aromatic N) is 4. The molecule has 3 heterocycles. The van der Waals surface area contributed by atoms with Gasteiger partial charge in [-0.15, -0.1) is 0 Å². The standard InChI is InChI=1S/C23H26N4O2/c1-3-29-15-20-14-25-16(2)26-22(20)17-8-11-27(12-9-17)23(28)19-6-7-21-18(13-19)5-4-10-24-21/h4-7,10,13-14,17H,3,8-9,11-12,15H2,1-2H3. The van der Waals surface area contributed by atoms with Crippen LogP contribution in [-0.2, 0) is 11.3 Å². The summed E-state index contributed by atoms with van der Waals surface area (Å²) in [5.41, 5.74) is 3.77. The predicted molar refractivity (Wildman–Crippen MR) is 112 cm³/mol. The zero-order valence-corrected chi connectivity index (χ0v) is 17.0. The molecule has 0 atom stereocenters. The first-order valence-corrected chi connectivity index (χ1v) is 10.2. The molecule has 0 spiro atoms. The molecule has 1 saturated heterocycles. The third kappa shape index (κ3) is 4.27. The number of carbonyl (C=O) groups is 1. The number of carbonyl (C=O) groups excluding carboxylic acids is 1. The molecule has 0 N–H and O–H groups in total. The summed E-state index contributed by atoms with van der Waals surface area (Å²) in [5.74, 6) is 1.20. The summed E-state index contributed by atoms with van der Waals surface area (Å²) in [7, 11) is 0. The first-order chi connectivity index (χ1) is 14.2. The maximum absolute atomic E-state index is 13.0. The number of amides is 1. The molecule has 1 amide bonds. The molecule has 1 aromatic carbocycles. The number of likely N-dealkylation sites (tertiary alicyclic amines) is 1. The fourth-order valence-corrected chi connectivity index (χ4v) is 3.94. The Hall–Kier alpha value is -2.86. The summed E-state index contributed by atoms with van der Waals surface area (Å²) in [6, 6.07) is 9.61. The molecule has 3 aromatic rings. The summed E-state index contributed by atoms with van der Waals surface area (Å²) >= 11 is 0. The van der Waals surface area contributed by atoms with E-state index in [1.165, 1.54) is 0 Å². The highest BCUT2D eigenvalue weighted by Crippen LogP contribution is 2.30. The van der Waals surface area contributed by atoms with E-state index in [1.807, 2.05) is 55.3 Å². The Kier molecular flexibility index (Phi) is 5.81. The molecule has 0 radical (unpaired) electrons. The maximum Gasteiger partial charge on any atom is 0.253 e. The van der Waals surface area contributed by atoms with Crippen molar-refractivity contribution in [3.8, 4) is 0 Å². The van der Waals surface area contributed by atoms with E-state index in [0.717, 1.165) is 59.5 Å². The van der Waals surface area contributed by atoms with Gasteiger partial charge in [0.05, 0.1) is 17.8 Å². The van der Waals surface area contributed by atoms with Crippen molar-refractivity contribution in [3.63, 3.8) is 0 Å². The number of pyridine rings is 1. The summed E-state index contributed by atoms with van der Waals surface area (Å²) in [4.78, 5) is 28.3. The Morgan fingerprint density at radius 3 is 2.83 bits per heavy atom. The molecule has 29 heavy (non-hydrogen) atoms. The smallest absolute Gasteiger partial charge is 0.253 e. The van der Waals surface area contributed by atoms with Gasteiger partial charge in [0.2, 0.25) is 0 Å². The van der Waals surface area contributed by atoms with Crippen molar-refractivity contribution in [2.24, 2.45) is 0 Å². The third-order valence-corrected chi connectivity index (χ3v) is 5.50. The molecule has 0 saturated carbocycles. The molecular weight excluding hydrogens is 364 g/mol. The van der Waals surface area contributed by atoms with Gasteiger partial charge in [-0.25, -0.2) is 9.97 Å². The molecule has 0 bridgehead atoms. The second kappa shape index (κ2) is 8.66. The normalized spacial score (nSPS) is 15.0. The van der Waals surface area contributed by atoms with Gasteiger partial charge in [0.25, 0.3) is 5.91 Å². The van der Waals surface area contributed by atoms with Gasteiger partial charge in [0, 0.05) is 54.5 Å². The summed E-state index contributed by atoms with van der Waals surface area (Å²) in [5, 5.41) is 0.991. The van der Waals surface area contributed by atoms with E-state index in [-0.39, 0.29) is 5.91 Å². The lowest BCUT2D eigenvalue weighted by molar-refractivity contribution is 0.0710. The second-order valence-electron chi connectivity index (χ2n) is 7.44. The Morgan fingerprint density at radius 2 is 2.03 bits per heavy atom. The van der Waals surface area contributed by atoms with Crippen LogP contribution in [0.2, 0.25) is 0 Å². The first kappa shape index (κ1) is 19.5. The number of ether oxygens (including phenoxy) is 1. The van der Waals surface area contributed by atoms with Crippen LogP contribution in [0.4, 0.5) is 0 Å². The number of aromatic nitrogens is 3. The van der Waals surface area contributed by atoms with Crippen LogP contribution in [0.25, 0.3) is 10.9 Å². The zero-order chi connectivity index (χ0) is 20.2. The van der Waals surface area contributed by atoms with Crippen molar-refractivity contribution in [1.29, 1.82) is 0 Å². The highest BCUT2D eigenvalue weighted by atomic mass is 16.5. The molecule has 0 unspecified atom stereocenters. The Balaban J connectivity index is 1.46. The molecular formula is C23H26N4O2. The number of aryl methyl sites for hydroxylation is 1. The van der Waals surface area contributed by atoms with Gasteiger partial charge in [-0.1, -0.05) is 6.07 Å². The van der Waals surface area contributed by atoms with Crippen LogP contribution in [0.1, 0.15) is 53.1 Å². The van der Waals surface area contributed by atoms with Gasteiger partial charge in [-0.3, -0.25) is 9.78 Å². The number of hydrogen-bond acceptors (Lipinski definition) is 5. The van der Waals surface area contributed by atoms with E-state index in [4.69, 9.17) is 9.72 Å². The number of benzene rings is 1. The van der Waals surface area contributed by atoms with Gasteiger partial charge in [0.15, 0.2) is 0 Å². The highest BCUT2D eigenvalue weighted by Gasteiger charge is 2.27. The van der Waals surface area contributed by atoms with Crippen LogP contribution in [-0.4, -0.2) is 45.5 Å². The van der Waals surface area contributed by atoms with Crippen LogP contribution in [0.5, 0.6) is 0 Å². The van der Waals surface area contributed by atoms with Crippen molar-refractivity contribution in [2.75, 3.05) is 19.7 Å². The van der Waals surface area contributed by atoms with E-state index >= 15 is 0 Å². The molecule has 6 nitrogen and oxygen atoms in total. The number of hydrogen-bond donors (Lipinski definition) is 0. The van der Waals surface area contributed by atoms with Crippen molar-refractivity contribution in [1.82, 2.24) is 19.9 Å². The van der Waals surface area contributed by atoms with Gasteiger partial charge in [-0.05, 0) is 51.0 Å². The predicted octanol–water partition coefficient (Wildman–Crippen LogP) is 3.89.